The second-order valence-corrected chi connectivity index (χ2v) is 7.76. The van der Waals surface area contributed by atoms with E-state index in [1.165, 1.54) is 11.8 Å². The molecule has 0 saturated carbocycles. The van der Waals surface area contributed by atoms with Gasteiger partial charge in [-0.3, -0.25) is 4.79 Å². The van der Waals surface area contributed by atoms with Gasteiger partial charge < -0.3 is 10.1 Å². The van der Waals surface area contributed by atoms with Crippen LogP contribution in [0.5, 0.6) is 0 Å². The number of nitrogens with zero attached hydrogens (tertiary/aromatic N) is 1. The standard InChI is InChI=1S/C22H22N2O2S/c25-22(23-15-18-10-6-14-26-18)21(17-8-2-1-3-9-17)27-20-13-12-16-7-4-5-11-19(16)24-20/h1-5,7-9,11-13,18,21H,6,10,14-15H2,(H,23,25). The van der Waals surface area contributed by atoms with Crippen molar-refractivity contribution in [2.75, 3.05) is 13.2 Å². The van der Waals surface area contributed by atoms with Gasteiger partial charge in [0.15, 0.2) is 0 Å². The SMILES string of the molecule is O=C(NCC1CCCO1)C(Sc1ccc2ccccc2n1)c1ccccc1. The molecule has 2 unspecified atom stereocenters. The Balaban J connectivity index is 1.54. The molecule has 2 aromatic carbocycles. The van der Waals surface area contributed by atoms with Crippen molar-refractivity contribution in [1.82, 2.24) is 10.3 Å². The first-order valence-corrected chi connectivity index (χ1v) is 10.1. The smallest absolute Gasteiger partial charge is 0.238 e. The molecule has 1 saturated heterocycles. The lowest BCUT2D eigenvalue weighted by atomic mass is 10.1. The Bertz CT molecular complexity index is 910. The number of carbonyl (C=O) groups is 1. The summed E-state index contributed by atoms with van der Waals surface area (Å²) in [6, 6.07) is 21.9. The number of aromatic nitrogens is 1. The van der Waals surface area contributed by atoms with Crippen molar-refractivity contribution in [3.8, 4) is 0 Å². The Kier molecular flexibility index (Phi) is 5.70. The molecule has 0 radical (unpaired) electrons. The summed E-state index contributed by atoms with van der Waals surface area (Å²) in [5, 5.41) is 4.66. The summed E-state index contributed by atoms with van der Waals surface area (Å²) >= 11 is 1.48. The number of para-hydroxylation sites is 1. The number of hydrogen-bond acceptors (Lipinski definition) is 4. The van der Waals surface area contributed by atoms with Crippen molar-refractivity contribution in [1.29, 1.82) is 0 Å². The number of ether oxygens (including phenoxy) is 1. The molecule has 2 heterocycles. The minimum absolute atomic E-state index is 0.00309. The average molecular weight is 378 g/mol. The number of nitrogens with one attached hydrogen (secondary N) is 1. The number of hydrogen-bond donors (Lipinski definition) is 1. The fourth-order valence-electron chi connectivity index (χ4n) is 3.25. The molecule has 27 heavy (non-hydrogen) atoms. The minimum Gasteiger partial charge on any atom is -0.376 e. The number of carbonyl (C=O) groups excluding carboxylic acids is 1. The number of benzene rings is 2. The van der Waals surface area contributed by atoms with Crippen LogP contribution < -0.4 is 5.32 Å². The van der Waals surface area contributed by atoms with Crippen LogP contribution in [0.15, 0.2) is 71.8 Å². The Morgan fingerprint density at radius 1 is 1.11 bits per heavy atom. The maximum Gasteiger partial charge on any atom is 0.238 e. The van der Waals surface area contributed by atoms with Crippen LogP contribution in [0.1, 0.15) is 23.7 Å². The molecule has 2 atom stereocenters. The fraction of sp³-hybridized carbons (Fsp3) is 0.273. The van der Waals surface area contributed by atoms with Crippen molar-refractivity contribution in [2.45, 2.75) is 29.2 Å². The normalized spacial score (nSPS) is 17.7. The van der Waals surface area contributed by atoms with E-state index in [9.17, 15) is 4.79 Å². The van der Waals surface area contributed by atoms with Crippen molar-refractivity contribution in [2.24, 2.45) is 0 Å². The first kappa shape index (κ1) is 18.0. The highest BCUT2D eigenvalue weighted by Gasteiger charge is 2.24. The van der Waals surface area contributed by atoms with Gasteiger partial charge in [-0.05, 0) is 30.5 Å². The molecule has 0 spiro atoms. The van der Waals surface area contributed by atoms with Gasteiger partial charge in [0, 0.05) is 18.5 Å². The number of amides is 1. The Morgan fingerprint density at radius 3 is 2.74 bits per heavy atom. The van der Waals surface area contributed by atoms with Gasteiger partial charge in [0.05, 0.1) is 16.6 Å². The first-order chi connectivity index (χ1) is 13.3. The molecule has 5 heteroatoms. The molecule has 4 rings (SSSR count). The fourth-order valence-corrected chi connectivity index (χ4v) is 4.27. The molecule has 138 valence electrons. The van der Waals surface area contributed by atoms with Crippen LogP contribution in [0.25, 0.3) is 10.9 Å². The van der Waals surface area contributed by atoms with Gasteiger partial charge in [0.1, 0.15) is 5.25 Å². The van der Waals surface area contributed by atoms with Crippen molar-refractivity contribution < 1.29 is 9.53 Å². The number of fused-ring (bicyclic) bond motifs is 1. The van der Waals surface area contributed by atoms with Crippen LogP contribution in [0.3, 0.4) is 0 Å². The summed E-state index contributed by atoms with van der Waals surface area (Å²) in [7, 11) is 0. The maximum atomic E-state index is 13.0. The quantitative estimate of drug-likeness (QED) is 0.648. The van der Waals surface area contributed by atoms with E-state index in [1.54, 1.807) is 0 Å². The summed E-state index contributed by atoms with van der Waals surface area (Å²) in [6.45, 7) is 1.35. The van der Waals surface area contributed by atoms with Gasteiger partial charge in [-0.15, -0.1) is 0 Å². The van der Waals surface area contributed by atoms with E-state index in [-0.39, 0.29) is 17.3 Å². The van der Waals surface area contributed by atoms with Crippen molar-refractivity contribution >= 4 is 28.6 Å². The molecule has 1 aromatic heterocycles. The second kappa shape index (κ2) is 8.55. The molecular weight excluding hydrogens is 356 g/mol. The zero-order valence-electron chi connectivity index (χ0n) is 15.0. The number of pyridine rings is 1. The molecule has 1 fully saturated rings. The molecule has 1 amide bonds. The number of rotatable bonds is 6. The van der Waals surface area contributed by atoms with E-state index in [0.29, 0.717) is 6.54 Å². The average Bonchev–Trinajstić information content (AvgIpc) is 3.24. The van der Waals surface area contributed by atoms with Crippen molar-refractivity contribution in [3.05, 3.63) is 72.3 Å². The Labute approximate surface area is 163 Å². The van der Waals surface area contributed by atoms with E-state index in [0.717, 1.165) is 40.9 Å². The zero-order valence-corrected chi connectivity index (χ0v) is 15.8. The third kappa shape index (κ3) is 4.49. The van der Waals surface area contributed by atoms with Gasteiger partial charge in [-0.25, -0.2) is 4.98 Å². The lowest BCUT2D eigenvalue weighted by molar-refractivity contribution is -0.121. The largest absolute Gasteiger partial charge is 0.376 e. The van der Waals surface area contributed by atoms with E-state index in [2.05, 4.69) is 11.4 Å². The van der Waals surface area contributed by atoms with Crippen LogP contribution in [0.2, 0.25) is 0 Å². The predicted octanol–water partition coefficient (Wildman–Crippen LogP) is 4.36. The summed E-state index contributed by atoms with van der Waals surface area (Å²) in [5.74, 6) is -0.00309. The monoisotopic (exact) mass is 378 g/mol. The van der Waals surface area contributed by atoms with E-state index < -0.39 is 0 Å². The van der Waals surface area contributed by atoms with E-state index in [1.807, 2.05) is 60.7 Å². The van der Waals surface area contributed by atoms with Crippen molar-refractivity contribution in [3.63, 3.8) is 0 Å². The molecule has 0 aliphatic carbocycles. The molecule has 4 nitrogen and oxygen atoms in total. The van der Waals surface area contributed by atoms with Crippen LogP contribution in [-0.4, -0.2) is 30.1 Å². The lowest BCUT2D eigenvalue weighted by Crippen LogP contribution is -2.34. The zero-order chi connectivity index (χ0) is 18.5. The van der Waals surface area contributed by atoms with Gasteiger partial charge in [0.25, 0.3) is 0 Å². The van der Waals surface area contributed by atoms with E-state index in [4.69, 9.17) is 9.72 Å². The van der Waals surface area contributed by atoms with Crippen LogP contribution in [0, 0.1) is 0 Å². The van der Waals surface area contributed by atoms with Gasteiger partial charge in [0.2, 0.25) is 5.91 Å². The third-order valence-corrected chi connectivity index (χ3v) is 5.87. The summed E-state index contributed by atoms with van der Waals surface area (Å²) < 4.78 is 5.62. The summed E-state index contributed by atoms with van der Waals surface area (Å²) in [5.41, 5.74) is 1.91. The van der Waals surface area contributed by atoms with Crippen LogP contribution in [-0.2, 0) is 9.53 Å². The van der Waals surface area contributed by atoms with Crippen LogP contribution in [0.4, 0.5) is 0 Å². The highest BCUT2D eigenvalue weighted by molar-refractivity contribution is 8.00. The maximum absolute atomic E-state index is 13.0. The molecule has 1 aliphatic heterocycles. The number of thioether (sulfide) groups is 1. The highest BCUT2D eigenvalue weighted by atomic mass is 32.2. The molecule has 0 bridgehead atoms. The highest BCUT2D eigenvalue weighted by Crippen LogP contribution is 2.35. The van der Waals surface area contributed by atoms with E-state index >= 15 is 0 Å². The molecule has 1 N–H and O–H groups in total. The third-order valence-electron chi connectivity index (χ3n) is 4.68. The predicted molar refractivity (Wildman–Crippen MR) is 109 cm³/mol. The Morgan fingerprint density at radius 2 is 1.93 bits per heavy atom. The minimum atomic E-state index is -0.346. The molecule has 1 aliphatic rings. The van der Waals surface area contributed by atoms with Crippen LogP contribution >= 0.6 is 11.8 Å². The Hall–Kier alpha value is -2.37. The molecular formula is C22H22N2O2S. The summed E-state index contributed by atoms with van der Waals surface area (Å²) in [6.07, 6.45) is 2.21. The van der Waals surface area contributed by atoms with Gasteiger partial charge >= 0.3 is 0 Å². The second-order valence-electron chi connectivity index (χ2n) is 6.63. The molecule has 3 aromatic rings. The summed E-state index contributed by atoms with van der Waals surface area (Å²) in [4.78, 5) is 17.7. The lowest BCUT2D eigenvalue weighted by Gasteiger charge is -2.18. The first-order valence-electron chi connectivity index (χ1n) is 9.26. The topological polar surface area (TPSA) is 51.2 Å². The van der Waals surface area contributed by atoms with Gasteiger partial charge in [-0.1, -0.05) is 66.4 Å². The van der Waals surface area contributed by atoms with Gasteiger partial charge in [-0.2, -0.15) is 0 Å².